The molecule has 118 valence electrons. The SMILES string of the molecule is Cc1nn(C)c2c(N3CC(C)OC(C)C3)nc(C3CC3)nc12. The molecule has 2 aromatic heterocycles. The van der Waals surface area contributed by atoms with Crippen molar-refractivity contribution in [3.8, 4) is 0 Å². The van der Waals surface area contributed by atoms with Gasteiger partial charge in [0.15, 0.2) is 5.82 Å². The van der Waals surface area contributed by atoms with Gasteiger partial charge in [0.1, 0.15) is 16.9 Å². The van der Waals surface area contributed by atoms with E-state index in [1.165, 1.54) is 12.8 Å². The van der Waals surface area contributed by atoms with Crippen LogP contribution in [0.2, 0.25) is 0 Å². The number of hydrogen-bond acceptors (Lipinski definition) is 5. The zero-order valence-electron chi connectivity index (χ0n) is 13.7. The number of hydrogen-bond donors (Lipinski definition) is 0. The third-order valence-corrected chi connectivity index (χ3v) is 4.51. The van der Waals surface area contributed by atoms with Gasteiger partial charge < -0.3 is 9.64 Å². The highest BCUT2D eigenvalue weighted by Crippen LogP contribution is 2.40. The van der Waals surface area contributed by atoms with Gasteiger partial charge in [-0.15, -0.1) is 0 Å². The van der Waals surface area contributed by atoms with Crippen molar-refractivity contribution in [2.75, 3.05) is 18.0 Å². The molecule has 6 heteroatoms. The molecule has 1 saturated carbocycles. The third-order valence-electron chi connectivity index (χ3n) is 4.51. The van der Waals surface area contributed by atoms with Gasteiger partial charge in [-0.1, -0.05) is 0 Å². The van der Waals surface area contributed by atoms with E-state index in [2.05, 4.69) is 23.8 Å². The standard InChI is InChI=1S/C16H23N5O/c1-9-7-21(8-10(2)22-9)16-14-13(11(3)19-20(14)4)17-15(18-16)12-5-6-12/h9-10,12H,5-8H2,1-4H3. The Morgan fingerprint density at radius 1 is 1.09 bits per heavy atom. The van der Waals surface area contributed by atoms with Crippen LogP contribution < -0.4 is 4.90 Å². The summed E-state index contributed by atoms with van der Waals surface area (Å²) >= 11 is 0. The Kier molecular flexibility index (Phi) is 3.11. The molecule has 1 aliphatic carbocycles. The van der Waals surface area contributed by atoms with Crippen LogP contribution in [0.4, 0.5) is 5.82 Å². The van der Waals surface area contributed by atoms with Gasteiger partial charge >= 0.3 is 0 Å². The van der Waals surface area contributed by atoms with Crippen LogP contribution in [0, 0.1) is 6.92 Å². The first-order chi connectivity index (χ1) is 10.5. The van der Waals surface area contributed by atoms with Crippen LogP contribution in [0.3, 0.4) is 0 Å². The minimum Gasteiger partial charge on any atom is -0.372 e. The van der Waals surface area contributed by atoms with E-state index >= 15 is 0 Å². The lowest BCUT2D eigenvalue weighted by Gasteiger charge is -2.36. The summed E-state index contributed by atoms with van der Waals surface area (Å²) < 4.78 is 7.79. The monoisotopic (exact) mass is 301 g/mol. The number of aryl methyl sites for hydroxylation is 2. The Labute approximate surface area is 130 Å². The molecule has 0 radical (unpaired) electrons. The molecular weight excluding hydrogens is 278 g/mol. The summed E-state index contributed by atoms with van der Waals surface area (Å²) in [6, 6.07) is 0. The summed E-state index contributed by atoms with van der Waals surface area (Å²) in [6.45, 7) is 8.00. The van der Waals surface area contributed by atoms with Gasteiger partial charge in [0.25, 0.3) is 0 Å². The largest absolute Gasteiger partial charge is 0.372 e. The van der Waals surface area contributed by atoms with Gasteiger partial charge in [-0.25, -0.2) is 9.97 Å². The molecular formula is C16H23N5O. The fourth-order valence-corrected chi connectivity index (χ4v) is 3.43. The predicted octanol–water partition coefficient (Wildman–Crippen LogP) is 2.16. The summed E-state index contributed by atoms with van der Waals surface area (Å²) in [5.41, 5.74) is 3.03. The van der Waals surface area contributed by atoms with E-state index in [4.69, 9.17) is 14.7 Å². The van der Waals surface area contributed by atoms with E-state index in [0.717, 1.165) is 41.5 Å². The Bertz CT molecular complexity index is 711. The fraction of sp³-hybridized carbons (Fsp3) is 0.688. The van der Waals surface area contributed by atoms with Crippen molar-refractivity contribution in [3.63, 3.8) is 0 Å². The van der Waals surface area contributed by atoms with Crippen LogP contribution in [0.1, 0.15) is 44.1 Å². The molecule has 0 N–H and O–H groups in total. The minimum absolute atomic E-state index is 0.215. The maximum absolute atomic E-state index is 5.87. The Hall–Kier alpha value is -1.69. The molecule has 4 rings (SSSR count). The Morgan fingerprint density at radius 2 is 1.77 bits per heavy atom. The first-order valence-corrected chi connectivity index (χ1v) is 8.14. The number of rotatable bonds is 2. The van der Waals surface area contributed by atoms with Crippen LogP contribution in [0.15, 0.2) is 0 Å². The van der Waals surface area contributed by atoms with Crippen LogP contribution in [-0.2, 0) is 11.8 Å². The van der Waals surface area contributed by atoms with E-state index < -0.39 is 0 Å². The van der Waals surface area contributed by atoms with E-state index in [0.29, 0.717) is 5.92 Å². The molecule has 2 aliphatic rings. The van der Waals surface area contributed by atoms with Crippen molar-refractivity contribution >= 4 is 16.9 Å². The molecule has 6 nitrogen and oxygen atoms in total. The van der Waals surface area contributed by atoms with Gasteiger partial charge in [0.05, 0.1) is 17.9 Å². The first-order valence-electron chi connectivity index (χ1n) is 8.14. The van der Waals surface area contributed by atoms with E-state index in [1.807, 2.05) is 18.7 Å². The lowest BCUT2D eigenvalue weighted by molar-refractivity contribution is -0.00540. The number of ether oxygens (including phenoxy) is 1. The minimum atomic E-state index is 0.215. The van der Waals surface area contributed by atoms with Crippen molar-refractivity contribution in [2.45, 2.75) is 51.7 Å². The molecule has 3 heterocycles. The second-order valence-corrected chi connectivity index (χ2v) is 6.75. The quantitative estimate of drug-likeness (QED) is 0.851. The summed E-state index contributed by atoms with van der Waals surface area (Å²) in [5.74, 6) is 2.56. The van der Waals surface area contributed by atoms with E-state index in [1.54, 1.807) is 0 Å². The van der Waals surface area contributed by atoms with Crippen molar-refractivity contribution < 1.29 is 4.74 Å². The third kappa shape index (κ3) is 2.26. The molecule has 0 bridgehead atoms. The maximum Gasteiger partial charge on any atom is 0.158 e. The molecule has 0 spiro atoms. The zero-order chi connectivity index (χ0) is 15.4. The maximum atomic E-state index is 5.87. The number of morpholine rings is 1. The van der Waals surface area contributed by atoms with Crippen LogP contribution in [0.5, 0.6) is 0 Å². The lowest BCUT2D eigenvalue weighted by Crippen LogP contribution is -2.46. The van der Waals surface area contributed by atoms with Crippen molar-refractivity contribution in [3.05, 3.63) is 11.5 Å². The molecule has 1 saturated heterocycles. The average molecular weight is 301 g/mol. The molecule has 2 fully saturated rings. The highest BCUT2D eigenvalue weighted by Gasteiger charge is 2.31. The zero-order valence-corrected chi connectivity index (χ0v) is 13.7. The highest BCUT2D eigenvalue weighted by molar-refractivity contribution is 5.88. The predicted molar refractivity (Wildman–Crippen MR) is 85.2 cm³/mol. The van der Waals surface area contributed by atoms with Gasteiger partial charge in [-0.2, -0.15) is 5.10 Å². The van der Waals surface area contributed by atoms with E-state index in [-0.39, 0.29) is 12.2 Å². The second-order valence-electron chi connectivity index (χ2n) is 6.75. The average Bonchev–Trinajstić information content (AvgIpc) is 3.25. The Morgan fingerprint density at radius 3 is 2.41 bits per heavy atom. The van der Waals surface area contributed by atoms with E-state index in [9.17, 15) is 0 Å². The molecule has 0 amide bonds. The summed E-state index contributed by atoms with van der Waals surface area (Å²) in [4.78, 5) is 12.1. The smallest absolute Gasteiger partial charge is 0.158 e. The topological polar surface area (TPSA) is 56.1 Å². The normalized spacial score (nSPS) is 25.9. The number of anilines is 1. The molecule has 1 aliphatic heterocycles. The van der Waals surface area contributed by atoms with Crippen molar-refractivity contribution in [2.24, 2.45) is 7.05 Å². The van der Waals surface area contributed by atoms with Crippen LogP contribution in [-0.4, -0.2) is 45.0 Å². The van der Waals surface area contributed by atoms with Gasteiger partial charge in [-0.05, 0) is 33.6 Å². The summed E-state index contributed by atoms with van der Waals surface area (Å²) in [7, 11) is 1.98. The van der Waals surface area contributed by atoms with Gasteiger partial charge in [-0.3, -0.25) is 4.68 Å². The summed E-state index contributed by atoms with van der Waals surface area (Å²) in [5, 5.41) is 4.56. The number of aromatic nitrogens is 4. The highest BCUT2D eigenvalue weighted by atomic mass is 16.5. The van der Waals surface area contributed by atoms with Crippen molar-refractivity contribution in [1.29, 1.82) is 0 Å². The van der Waals surface area contributed by atoms with Crippen molar-refractivity contribution in [1.82, 2.24) is 19.7 Å². The second kappa shape index (κ2) is 4.91. The first kappa shape index (κ1) is 13.9. The Balaban J connectivity index is 1.87. The lowest BCUT2D eigenvalue weighted by atomic mass is 10.2. The molecule has 2 atom stereocenters. The summed E-state index contributed by atoms with van der Waals surface area (Å²) in [6.07, 6.45) is 2.85. The van der Waals surface area contributed by atoms with Gasteiger partial charge in [0, 0.05) is 26.1 Å². The molecule has 0 aromatic carbocycles. The number of fused-ring (bicyclic) bond motifs is 1. The molecule has 2 aromatic rings. The number of nitrogens with zero attached hydrogens (tertiary/aromatic N) is 5. The molecule has 22 heavy (non-hydrogen) atoms. The fourth-order valence-electron chi connectivity index (χ4n) is 3.43. The molecule has 2 unspecified atom stereocenters. The van der Waals surface area contributed by atoms with Crippen LogP contribution >= 0.6 is 0 Å². The van der Waals surface area contributed by atoms with Crippen LogP contribution in [0.25, 0.3) is 11.0 Å². The van der Waals surface area contributed by atoms with Gasteiger partial charge in [0.2, 0.25) is 0 Å².